The van der Waals surface area contributed by atoms with E-state index in [0.29, 0.717) is 0 Å². The van der Waals surface area contributed by atoms with E-state index >= 15 is 0 Å². The summed E-state index contributed by atoms with van der Waals surface area (Å²) in [5.41, 5.74) is 2.61. The van der Waals surface area contributed by atoms with Crippen LogP contribution in [0.4, 0.5) is 0 Å². The Hall–Kier alpha value is -2.57. The monoisotopic (exact) mass is 350 g/mol. The standard InChI is InChI=1S/C20H22N4O2/c25-20(18-3-1-2-8-22-18)16-6-11-24(12-7-16)14-17-13-19(23-26-17)15-4-9-21-10-5-15/h1-5,8-10,13,16,20,25H,6-7,11-12,14H2/t20-/m1/s1. The van der Waals surface area contributed by atoms with E-state index in [9.17, 15) is 5.11 Å². The smallest absolute Gasteiger partial charge is 0.151 e. The highest BCUT2D eigenvalue weighted by molar-refractivity contribution is 5.57. The van der Waals surface area contributed by atoms with Crippen LogP contribution in [0.5, 0.6) is 0 Å². The van der Waals surface area contributed by atoms with Crippen molar-refractivity contribution in [3.63, 3.8) is 0 Å². The molecule has 3 aromatic rings. The van der Waals surface area contributed by atoms with Crippen molar-refractivity contribution in [2.24, 2.45) is 5.92 Å². The summed E-state index contributed by atoms with van der Waals surface area (Å²) < 4.78 is 5.49. The second kappa shape index (κ2) is 7.76. The molecule has 0 radical (unpaired) electrons. The highest BCUT2D eigenvalue weighted by Gasteiger charge is 2.27. The minimum absolute atomic E-state index is 0.253. The molecule has 1 atom stereocenters. The van der Waals surface area contributed by atoms with Crippen molar-refractivity contribution < 1.29 is 9.63 Å². The Bertz CT molecular complexity index is 814. The van der Waals surface area contributed by atoms with Gasteiger partial charge in [-0.3, -0.25) is 14.9 Å². The molecular formula is C20H22N4O2. The first kappa shape index (κ1) is 16.9. The lowest BCUT2D eigenvalue weighted by Gasteiger charge is -2.33. The lowest BCUT2D eigenvalue weighted by Crippen LogP contribution is -2.35. The van der Waals surface area contributed by atoms with Crippen molar-refractivity contribution in [2.45, 2.75) is 25.5 Å². The highest BCUT2D eigenvalue weighted by atomic mass is 16.5. The lowest BCUT2D eigenvalue weighted by molar-refractivity contribution is 0.0516. The first-order valence-corrected chi connectivity index (χ1v) is 8.97. The SMILES string of the molecule is O[C@@H](c1ccccn1)C1CCN(Cc2cc(-c3ccncc3)no2)CC1. The van der Waals surface area contributed by atoms with Crippen LogP contribution < -0.4 is 0 Å². The topological polar surface area (TPSA) is 75.3 Å². The van der Waals surface area contributed by atoms with Gasteiger partial charge in [-0.15, -0.1) is 0 Å². The fraction of sp³-hybridized carbons (Fsp3) is 0.350. The Labute approximate surface area is 152 Å². The van der Waals surface area contributed by atoms with E-state index in [0.717, 1.165) is 55.2 Å². The van der Waals surface area contributed by atoms with Crippen LogP contribution in [0, 0.1) is 5.92 Å². The number of aliphatic hydroxyl groups is 1. The molecule has 0 bridgehead atoms. The van der Waals surface area contributed by atoms with Crippen LogP contribution in [0.25, 0.3) is 11.3 Å². The van der Waals surface area contributed by atoms with Crippen molar-refractivity contribution in [3.8, 4) is 11.3 Å². The molecule has 0 aromatic carbocycles. The largest absolute Gasteiger partial charge is 0.387 e. The summed E-state index contributed by atoms with van der Waals surface area (Å²) in [6.45, 7) is 2.60. The number of nitrogens with zero attached hydrogens (tertiary/aromatic N) is 4. The van der Waals surface area contributed by atoms with Crippen molar-refractivity contribution in [2.75, 3.05) is 13.1 Å². The summed E-state index contributed by atoms with van der Waals surface area (Å²) >= 11 is 0. The predicted molar refractivity (Wildman–Crippen MR) is 96.9 cm³/mol. The van der Waals surface area contributed by atoms with E-state index in [1.807, 2.05) is 36.4 Å². The zero-order valence-electron chi connectivity index (χ0n) is 14.5. The molecule has 1 fully saturated rings. The second-order valence-corrected chi connectivity index (χ2v) is 6.73. The number of piperidine rings is 1. The summed E-state index contributed by atoms with van der Waals surface area (Å²) in [6.07, 6.45) is 6.65. The van der Waals surface area contributed by atoms with Crippen LogP contribution in [-0.2, 0) is 6.54 Å². The molecule has 3 aromatic heterocycles. The summed E-state index contributed by atoms with van der Waals surface area (Å²) in [4.78, 5) is 10.6. The molecule has 0 spiro atoms. The number of likely N-dealkylation sites (tertiary alicyclic amines) is 1. The number of hydrogen-bond donors (Lipinski definition) is 1. The van der Waals surface area contributed by atoms with E-state index in [1.54, 1.807) is 18.6 Å². The van der Waals surface area contributed by atoms with E-state index in [2.05, 4.69) is 20.0 Å². The first-order chi connectivity index (χ1) is 12.8. The third-order valence-electron chi connectivity index (χ3n) is 4.98. The van der Waals surface area contributed by atoms with E-state index in [4.69, 9.17) is 4.52 Å². The van der Waals surface area contributed by atoms with Crippen molar-refractivity contribution in [1.82, 2.24) is 20.0 Å². The summed E-state index contributed by atoms with van der Waals surface area (Å²) in [6, 6.07) is 11.5. The molecule has 4 rings (SSSR count). The van der Waals surface area contributed by atoms with E-state index < -0.39 is 6.10 Å². The van der Waals surface area contributed by atoms with Crippen LogP contribution in [0.2, 0.25) is 0 Å². The fourth-order valence-electron chi connectivity index (χ4n) is 3.49. The van der Waals surface area contributed by atoms with Gasteiger partial charge in [-0.05, 0) is 56.1 Å². The normalized spacial score (nSPS) is 17.3. The first-order valence-electron chi connectivity index (χ1n) is 8.97. The van der Waals surface area contributed by atoms with E-state index in [1.165, 1.54) is 0 Å². The number of hydrogen-bond acceptors (Lipinski definition) is 6. The van der Waals surface area contributed by atoms with Crippen LogP contribution in [0.3, 0.4) is 0 Å². The van der Waals surface area contributed by atoms with Gasteiger partial charge in [-0.2, -0.15) is 0 Å². The van der Waals surface area contributed by atoms with Gasteiger partial charge >= 0.3 is 0 Å². The molecule has 0 amide bonds. The maximum absolute atomic E-state index is 10.5. The quantitative estimate of drug-likeness (QED) is 0.762. The Kier molecular flexibility index (Phi) is 5.04. The molecule has 1 aliphatic heterocycles. The molecule has 0 saturated carbocycles. The molecule has 1 aliphatic rings. The number of aromatic nitrogens is 3. The molecular weight excluding hydrogens is 328 g/mol. The number of rotatable bonds is 5. The third kappa shape index (κ3) is 3.81. The van der Waals surface area contributed by atoms with Crippen LogP contribution in [-0.4, -0.2) is 38.2 Å². The van der Waals surface area contributed by atoms with Crippen molar-refractivity contribution in [3.05, 3.63) is 66.4 Å². The summed E-state index contributed by atoms with van der Waals surface area (Å²) in [7, 11) is 0. The fourth-order valence-corrected chi connectivity index (χ4v) is 3.49. The van der Waals surface area contributed by atoms with Gasteiger partial charge < -0.3 is 9.63 Å². The molecule has 26 heavy (non-hydrogen) atoms. The zero-order valence-corrected chi connectivity index (χ0v) is 14.5. The van der Waals surface area contributed by atoms with Gasteiger partial charge in [-0.1, -0.05) is 11.2 Å². The second-order valence-electron chi connectivity index (χ2n) is 6.73. The molecule has 1 N–H and O–H groups in total. The number of aliphatic hydroxyl groups excluding tert-OH is 1. The molecule has 6 heteroatoms. The average Bonchev–Trinajstić information content (AvgIpc) is 3.18. The Morgan fingerprint density at radius 3 is 2.65 bits per heavy atom. The summed E-state index contributed by atoms with van der Waals surface area (Å²) in [5.74, 6) is 1.11. The minimum Gasteiger partial charge on any atom is -0.387 e. The Morgan fingerprint density at radius 2 is 1.92 bits per heavy atom. The number of pyridine rings is 2. The van der Waals surface area contributed by atoms with Gasteiger partial charge in [-0.25, -0.2) is 0 Å². The van der Waals surface area contributed by atoms with Crippen molar-refractivity contribution >= 4 is 0 Å². The minimum atomic E-state index is -0.484. The predicted octanol–water partition coefficient (Wildman–Crippen LogP) is 3.08. The molecule has 6 nitrogen and oxygen atoms in total. The van der Waals surface area contributed by atoms with Gasteiger partial charge in [0.05, 0.1) is 18.3 Å². The molecule has 0 aliphatic carbocycles. The van der Waals surface area contributed by atoms with Gasteiger partial charge in [0.25, 0.3) is 0 Å². The van der Waals surface area contributed by atoms with E-state index in [-0.39, 0.29) is 5.92 Å². The maximum Gasteiger partial charge on any atom is 0.151 e. The highest BCUT2D eigenvalue weighted by Crippen LogP contribution is 2.30. The molecule has 1 saturated heterocycles. The lowest BCUT2D eigenvalue weighted by atomic mass is 9.89. The molecule has 4 heterocycles. The zero-order chi connectivity index (χ0) is 17.8. The maximum atomic E-state index is 10.5. The van der Waals surface area contributed by atoms with Crippen LogP contribution >= 0.6 is 0 Å². The van der Waals surface area contributed by atoms with Gasteiger partial charge in [0.15, 0.2) is 5.76 Å². The van der Waals surface area contributed by atoms with Gasteiger partial charge in [0, 0.05) is 30.2 Å². The Morgan fingerprint density at radius 1 is 1.12 bits per heavy atom. The molecule has 134 valence electrons. The molecule has 0 unspecified atom stereocenters. The Balaban J connectivity index is 1.32. The average molecular weight is 350 g/mol. The summed E-state index contributed by atoms with van der Waals surface area (Å²) in [5, 5.41) is 14.7. The van der Waals surface area contributed by atoms with Crippen LogP contribution in [0.15, 0.2) is 59.5 Å². The van der Waals surface area contributed by atoms with Gasteiger partial charge in [0.1, 0.15) is 5.69 Å². The van der Waals surface area contributed by atoms with Crippen molar-refractivity contribution in [1.29, 1.82) is 0 Å². The van der Waals surface area contributed by atoms with Gasteiger partial charge in [0.2, 0.25) is 0 Å². The third-order valence-corrected chi connectivity index (χ3v) is 4.98. The van der Waals surface area contributed by atoms with Crippen LogP contribution in [0.1, 0.15) is 30.4 Å².